The minimum absolute atomic E-state index is 0.0849. The van der Waals surface area contributed by atoms with Crippen LogP contribution in [0.3, 0.4) is 0 Å². The van der Waals surface area contributed by atoms with E-state index in [9.17, 15) is 4.79 Å². The minimum atomic E-state index is 0.0849. The van der Waals surface area contributed by atoms with E-state index >= 15 is 0 Å². The van der Waals surface area contributed by atoms with E-state index in [-0.39, 0.29) is 11.9 Å². The smallest absolute Gasteiger partial charge is 0.228 e. The number of anilines is 1. The largest absolute Gasteiger partial charge is 0.326 e. The van der Waals surface area contributed by atoms with Gasteiger partial charge in [-0.25, -0.2) is 0 Å². The minimum Gasteiger partial charge on any atom is -0.326 e. The lowest BCUT2D eigenvalue weighted by atomic mass is 9.96. The predicted molar refractivity (Wildman–Crippen MR) is 85.5 cm³/mol. The van der Waals surface area contributed by atoms with Gasteiger partial charge in [0.15, 0.2) is 0 Å². The van der Waals surface area contributed by atoms with Gasteiger partial charge in [0.05, 0.1) is 6.42 Å². The van der Waals surface area contributed by atoms with E-state index in [1.54, 1.807) is 0 Å². The molecule has 0 aromatic heterocycles. The van der Waals surface area contributed by atoms with Crippen LogP contribution in [-0.2, 0) is 17.6 Å². The van der Waals surface area contributed by atoms with Crippen LogP contribution < -0.4 is 10.6 Å². The first-order valence-electron chi connectivity index (χ1n) is 7.31. The first kappa shape index (κ1) is 13.8. The number of carbonyl (C=O) groups excluding carboxylic acids is 1. The van der Waals surface area contributed by atoms with Crippen molar-refractivity contribution in [2.24, 2.45) is 0 Å². The average Bonchev–Trinajstić information content (AvgIpc) is 2.85. The number of amides is 1. The van der Waals surface area contributed by atoms with Crippen LogP contribution in [0.1, 0.15) is 28.3 Å². The molecule has 0 spiro atoms. The Labute approximate surface area is 125 Å². The van der Waals surface area contributed by atoms with E-state index in [4.69, 9.17) is 0 Å². The van der Waals surface area contributed by atoms with E-state index in [0.29, 0.717) is 6.42 Å². The second kappa shape index (κ2) is 5.70. The molecule has 1 atom stereocenters. The van der Waals surface area contributed by atoms with Crippen LogP contribution in [0, 0.1) is 6.92 Å². The summed E-state index contributed by atoms with van der Waals surface area (Å²) in [4.78, 5) is 11.4. The molecule has 108 valence electrons. The number of fused-ring (bicyclic) bond motifs is 1. The Morgan fingerprint density at radius 3 is 2.67 bits per heavy atom. The summed E-state index contributed by atoms with van der Waals surface area (Å²) in [6.45, 7) is 2.10. The summed E-state index contributed by atoms with van der Waals surface area (Å²) in [5.74, 6) is 0.0849. The molecule has 21 heavy (non-hydrogen) atoms. The number of benzene rings is 2. The predicted octanol–water partition coefficient (Wildman–Crippen LogP) is 2.99. The Morgan fingerprint density at radius 2 is 1.95 bits per heavy atom. The zero-order valence-electron chi connectivity index (χ0n) is 12.4. The zero-order valence-corrected chi connectivity index (χ0v) is 12.4. The highest BCUT2D eigenvalue weighted by Gasteiger charge is 2.19. The van der Waals surface area contributed by atoms with Gasteiger partial charge in [0, 0.05) is 11.7 Å². The van der Waals surface area contributed by atoms with Gasteiger partial charge in [-0.15, -0.1) is 0 Å². The van der Waals surface area contributed by atoms with Crippen LogP contribution in [0.25, 0.3) is 0 Å². The molecular weight excluding hydrogens is 260 g/mol. The van der Waals surface area contributed by atoms with Gasteiger partial charge in [0.25, 0.3) is 0 Å². The summed E-state index contributed by atoms with van der Waals surface area (Å²) in [5.41, 5.74) is 5.88. The molecule has 3 rings (SSSR count). The normalized spacial score (nSPS) is 14.7. The Bertz CT molecular complexity index is 661. The van der Waals surface area contributed by atoms with Crippen LogP contribution in [-0.4, -0.2) is 13.0 Å². The first-order valence-corrected chi connectivity index (χ1v) is 7.31. The summed E-state index contributed by atoms with van der Waals surface area (Å²) in [6.07, 6.45) is 1.43. The molecule has 0 radical (unpaired) electrons. The number of hydrogen-bond acceptors (Lipinski definition) is 2. The van der Waals surface area contributed by atoms with E-state index < -0.39 is 0 Å². The Morgan fingerprint density at radius 1 is 1.19 bits per heavy atom. The summed E-state index contributed by atoms with van der Waals surface area (Å²) >= 11 is 0. The Balaban J connectivity index is 1.82. The molecule has 2 aromatic rings. The first-order chi connectivity index (χ1) is 10.2. The highest BCUT2D eigenvalue weighted by Crippen LogP contribution is 2.27. The number of aryl methyl sites for hydroxylation is 1. The summed E-state index contributed by atoms with van der Waals surface area (Å²) in [5, 5.41) is 6.26. The van der Waals surface area contributed by atoms with Gasteiger partial charge in [-0.1, -0.05) is 42.0 Å². The molecule has 0 fully saturated rings. The number of likely N-dealkylation sites (N-methyl/N-ethyl adjacent to an activating group) is 1. The molecule has 1 aliphatic heterocycles. The maximum atomic E-state index is 11.4. The topological polar surface area (TPSA) is 41.1 Å². The quantitative estimate of drug-likeness (QED) is 0.904. The van der Waals surface area contributed by atoms with E-state index in [1.165, 1.54) is 16.7 Å². The van der Waals surface area contributed by atoms with Crippen molar-refractivity contribution in [3.05, 3.63) is 64.7 Å². The summed E-state index contributed by atoms with van der Waals surface area (Å²) < 4.78 is 0. The number of nitrogens with one attached hydrogen (secondary N) is 2. The summed E-state index contributed by atoms with van der Waals surface area (Å²) in [6, 6.07) is 15.2. The molecule has 1 amide bonds. The molecule has 3 heteroatoms. The van der Waals surface area contributed by atoms with Crippen molar-refractivity contribution in [1.82, 2.24) is 5.32 Å². The van der Waals surface area contributed by atoms with E-state index in [2.05, 4.69) is 54.0 Å². The molecule has 2 aromatic carbocycles. The molecule has 1 heterocycles. The third kappa shape index (κ3) is 2.98. The monoisotopic (exact) mass is 280 g/mol. The average molecular weight is 280 g/mol. The lowest BCUT2D eigenvalue weighted by Crippen LogP contribution is -2.19. The molecule has 0 saturated heterocycles. The molecule has 2 N–H and O–H groups in total. The summed E-state index contributed by atoms with van der Waals surface area (Å²) in [7, 11) is 1.98. The highest BCUT2D eigenvalue weighted by molar-refractivity contribution is 5.99. The Kier molecular flexibility index (Phi) is 3.76. The lowest BCUT2D eigenvalue weighted by molar-refractivity contribution is -0.115. The van der Waals surface area contributed by atoms with Crippen molar-refractivity contribution in [2.45, 2.75) is 25.8 Å². The van der Waals surface area contributed by atoms with Gasteiger partial charge in [0.2, 0.25) is 5.91 Å². The molecule has 1 unspecified atom stereocenters. The lowest BCUT2D eigenvalue weighted by Gasteiger charge is -2.18. The van der Waals surface area contributed by atoms with Crippen molar-refractivity contribution >= 4 is 11.6 Å². The SMILES string of the molecule is CNC(Cc1ccc(C)cc1)c1ccc2c(c1)CC(=O)N2. The van der Waals surface area contributed by atoms with Crippen LogP contribution in [0.4, 0.5) is 5.69 Å². The van der Waals surface area contributed by atoms with Crippen LogP contribution in [0.2, 0.25) is 0 Å². The fraction of sp³-hybridized carbons (Fsp3) is 0.278. The number of hydrogen-bond donors (Lipinski definition) is 2. The second-order valence-electron chi connectivity index (χ2n) is 5.67. The van der Waals surface area contributed by atoms with Crippen molar-refractivity contribution < 1.29 is 4.79 Å². The van der Waals surface area contributed by atoms with Crippen molar-refractivity contribution in [1.29, 1.82) is 0 Å². The van der Waals surface area contributed by atoms with E-state index in [1.807, 2.05) is 13.1 Å². The van der Waals surface area contributed by atoms with Gasteiger partial charge in [-0.05, 0) is 43.1 Å². The fourth-order valence-corrected chi connectivity index (χ4v) is 2.81. The standard InChI is InChI=1S/C18H20N2O/c1-12-3-5-13(6-4-12)9-17(19-2)14-7-8-16-15(10-14)11-18(21)20-16/h3-8,10,17,19H,9,11H2,1-2H3,(H,20,21). The molecule has 0 aliphatic carbocycles. The van der Waals surface area contributed by atoms with Gasteiger partial charge < -0.3 is 10.6 Å². The second-order valence-corrected chi connectivity index (χ2v) is 5.67. The van der Waals surface area contributed by atoms with E-state index in [0.717, 1.165) is 17.7 Å². The number of rotatable bonds is 4. The van der Waals surface area contributed by atoms with Gasteiger partial charge in [0.1, 0.15) is 0 Å². The van der Waals surface area contributed by atoms with Gasteiger partial charge >= 0.3 is 0 Å². The molecular formula is C18H20N2O. The number of carbonyl (C=O) groups is 1. The fourth-order valence-electron chi connectivity index (χ4n) is 2.81. The molecule has 0 saturated carbocycles. The van der Waals surface area contributed by atoms with Crippen molar-refractivity contribution in [2.75, 3.05) is 12.4 Å². The van der Waals surface area contributed by atoms with Crippen LogP contribution in [0.15, 0.2) is 42.5 Å². The zero-order chi connectivity index (χ0) is 14.8. The Hall–Kier alpha value is -2.13. The van der Waals surface area contributed by atoms with Gasteiger partial charge in [-0.3, -0.25) is 4.79 Å². The maximum Gasteiger partial charge on any atom is 0.228 e. The molecule has 1 aliphatic rings. The maximum absolute atomic E-state index is 11.4. The van der Waals surface area contributed by atoms with Crippen LogP contribution >= 0.6 is 0 Å². The van der Waals surface area contributed by atoms with Crippen LogP contribution in [0.5, 0.6) is 0 Å². The van der Waals surface area contributed by atoms with Gasteiger partial charge in [-0.2, -0.15) is 0 Å². The molecule has 0 bridgehead atoms. The highest BCUT2D eigenvalue weighted by atomic mass is 16.1. The van der Waals surface area contributed by atoms with Crippen molar-refractivity contribution in [3.8, 4) is 0 Å². The van der Waals surface area contributed by atoms with Crippen molar-refractivity contribution in [3.63, 3.8) is 0 Å². The third-order valence-corrected chi connectivity index (χ3v) is 4.07. The molecule has 3 nitrogen and oxygen atoms in total. The third-order valence-electron chi connectivity index (χ3n) is 4.07.